The van der Waals surface area contributed by atoms with Crippen molar-refractivity contribution >= 4 is 59.6 Å². The van der Waals surface area contributed by atoms with Crippen molar-refractivity contribution in [1.29, 1.82) is 0 Å². The molecule has 60 heavy (non-hydrogen) atoms. The highest BCUT2D eigenvalue weighted by Crippen LogP contribution is 2.10. The molecule has 334 valence electrons. The van der Waals surface area contributed by atoms with Crippen LogP contribution in [-0.4, -0.2) is 136 Å². The number of aliphatic hydroxyl groups is 2. The molecule has 0 aromatic heterocycles. The number of benzene rings is 1. The van der Waals surface area contributed by atoms with Crippen molar-refractivity contribution in [1.82, 2.24) is 31.9 Å². The average molecular weight is 850 g/mol. The molecule has 0 radical (unpaired) electrons. The quantitative estimate of drug-likeness (QED) is 0.0162. The molecule has 0 spiro atoms. The number of aliphatic hydroxyl groups excluding tert-OH is 2. The Hall–Kier alpha value is -6.20. The van der Waals surface area contributed by atoms with Gasteiger partial charge in [0.15, 0.2) is 5.96 Å². The molecule has 23 heteroatoms. The van der Waals surface area contributed by atoms with Gasteiger partial charge in [-0.2, -0.15) is 0 Å². The monoisotopic (exact) mass is 849 g/mol. The maximum atomic E-state index is 14.0. The summed E-state index contributed by atoms with van der Waals surface area (Å²) in [4.78, 5) is 118. The Bertz CT molecular complexity index is 1660. The lowest BCUT2D eigenvalue weighted by Gasteiger charge is -2.29. The highest BCUT2D eigenvalue weighted by molar-refractivity contribution is 5.97. The fraction of sp³-hybridized carbons (Fsp3) is 0.568. The number of carbonyl (C=O) groups is 9. The first-order valence-electron chi connectivity index (χ1n) is 19.1. The minimum atomic E-state index is -1.62. The van der Waals surface area contributed by atoms with Crippen molar-refractivity contribution in [2.24, 2.45) is 33.8 Å². The maximum Gasteiger partial charge on any atom is 0.303 e. The second kappa shape index (κ2) is 26.7. The molecule has 1 aromatic carbocycles. The third-order valence-corrected chi connectivity index (χ3v) is 8.81. The van der Waals surface area contributed by atoms with Crippen molar-refractivity contribution in [2.75, 3.05) is 13.2 Å². The van der Waals surface area contributed by atoms with E-state index >= 15 is 0 Å². The van der Waals surface area contributed by atoms with Crippen LogP contribution >= 0.6 is 0 Å². The van der Waals surface area contributed by atoms with Crippen molar-refractivity contribution in [3.05, 3.63) is 35.9 Å². The highest BCUT2D eigenvalue weighted by atomic mass is 16.4. The second-order valence-corrected chi connectivity index (χ2v) is 14.3. The molecular weight excluding hydrogens is 790 g/mol. The number of carboxylic acids is 1. The number of rotatable bonds is 28. The van der Waals surface area contributed by atoms with Crippen LogP contribution in [0.5, 0.6) is 0 Å². The summed E-state index contributed by atoms with van der Waals surface area (Å²) in [6.07, 6.45) is -2.71. The Kier molecular flexibility index (Phi) is 23.1. The average Bonchev–Trinajstić information content (AvgIpc) is 3.18. The zero-order valence-electron chi connectivity index (χ0n) is 33.8. The summed E-state index contributed by atoms with van der Waals surface area (Å²) in [5.74, 6) is -8.41. The second-order valence-electron chi connectivity index (χ2n) is 14.3. The van der Waals surface area contributed by atoms with Gasteiger partial charge >= 0.3 is 5.97 Å². The number of aliphatic imine (C=N–C) groups is 1. The summed E-state index contributed by atoms with van der Waals surface area (Å²) < 4.78 is 0. The van der Waals surface area contributed by atoms with E-state index in [4.69, 9.17) is 28.0 Å². The lowest BCUT2D eigenvalue weighted by molar-refractivity contribution is -0.138. The summed E-state index contributed by atoms with van der Waals surface area (Å²) in [7, 11) is 0. The van der Waals surface area contributed by atoms with Crippen LogP contribution in [0.15, 0.2) is 35.3 Å². The lowest BCUT2D eigenvalue weighted by atomic mass is 10.00. The van der Waals surface area contributed by atoms with Gasteiger partial charge in [0.1, 0.15) is 42.5 Å². The van der Waals surface area contributed by atoms with Crippen molar-refractivity contribution in [2.45, 2.75) is 114 Å². The molecule has 0 heterocycles. The molecular formula is C37H59N11O12. The number of nitrogens with zero attached hydrogens (tertiary/aromatic N) is 1. The minimum absolute atomic E-state index is 0.0247. The number of nitrogens with one attached hydrogen (secondary N) is 6. The summed E-state index contributed by atoms with van der Waals surface area (Å²) in [6, 6.07) is -1.51. The summed E-state index contributed by atoms with van der Waals surface area (Å²) in [6.45, 7) is 3.60. The van der Waals surface area contributed by atoms with Crippen LogP contribution < -0.4 is 54.8 Å². The lowest BCUT2D eigenvalue weighted by Crippen LogP contribution is -2.62. The number of primary amides is 1. The van der Waals surface area contributed by atoms with Crippen molar-refractivity contribution in [3.63, 3.8) is 0 Å². The first-order valence-corrected chi connectivity index (χ1v) is 19.1. The molecule has 1 rings (SSSR count). The summed E-state index contributed by atoms with van der Waals surface area (Å²) in [5, 5.41) is 43.2. The van der Waals surface area contributed by atoms with Crippen LogP contribution in [0.2, 0.25) is 0 Å². The van der Waals surface area contributed by atoms with E-state index in [2.05, 4.69) is 36.9 Å². The molecule has 0 bridgehead atoms. The summed E-state index contributed by atoms with van der Waals surface area (Å²) in [5.41, 5.74) is 22.5. The third kappa shape index (κ3) is 19.5. The van der Waals surface area contributed by atoms with Gasteiger partial charge in [-0.3, -0.25) is 43.3 Å². The highest BCUT2D eigenvalue weighted by Gasteiger charge is 2.35. The molecule has 0 fully saturated rings. The number of aliphatic carboxylic acids is 1. The molecule has 0 aliphatic carbocycles. The molecule has 0 unspecified atom stereocenters. The Morgan fingerprint density at radius 2 is 1.23 bits per heavy atom. The Morgan fingerprint density at radius 3 is 1.77 bits per heavy atom. The Labute approximate surface area is 346 Å². The standard InChI is InChI=1S/C37H59N11O12/c1-19(2)29(47-36(60)30(20(3)51)48-31(55)23(38)11-14-28(53)54)35(59)45-24(10-7-15-42-37(40)41)33(57)46-26(16-21-8-5-4-6-9-21)34(58)44-25(12-13-27(39)52)32(56)43-22(17-49)18-50/h4-6,8-9,17,19-20,22-26,29-30,50-51H,7,10-16,18,38H2,1-3H3,(H2,39,52)(H,43,56)(H,44,58)(H,45,59)(H,46,57)(H,47,60)(H,48,55)(H,53,54)(H4,40,41,42)/t20-,22-,23+,24+,25+,26+,29+,30+/m1/s1. The fourth-order valence-electron chi connectivity index (χ4n) is 5.45. The number of guanidine groups is 1. The van der Waals surface area contributed by atoms with E-state index in [9.17, 15) is 53.4 Å². The first kappa shape index (κ1) is 51.8. The number of amides is 7. The Morgan fingerprint density at radius 1 is 0.700 bits per heavy atom. The normalized spacial score (nSPS) is 14.9. The smallest absolute Gasteiger partial charge is 0.303 e. The van der Waals surface area contributed by atoms with Crippen molar-refractivity contribution in [3.8, 4) is 0 Å². The molecule has 17 N–H and O–H groups in total. The van der Waals surface area contributed by atoms with Gasteiger partial charge < -0.3 is 74.9 Å². The van der Waals surface area contributed by atoms with Crippen molar-refractivity contribution < 1.29 is 58.5 Å². The largest absolute Gasteiger partial charge is 0.481 e. The van der Waals surface area contributed by atoms with E-state index in [0.717, 1.165) is 0 Å². The van der Waals surface area contributed by atoms with E-state index < -0.39 is 115 Å². The molecule has 8 atom stereocenters. The van der Waals surface area contributed by atoms with Gasteiger partial charge in [-0.1, -0.05) is 44.2 Å². The first-order chi connectivity index (χ1) is 28.2. The summed E-state index contributed by atoms with van der Waals surface area (Å²) >= 11 is 0. The number of hydrogen-bond donors (Lipinski definition) is 13. The molecule has 23 nitrogen and oxygen atoms in total. The van der Waals surface area contributed by atoms with Crippen LogP contribution in [0.3, 0.4) is 0 Å². The van der Waals surface area contributed by atoms with Gasteiger partial charge in [0.25, 0.3) is 0 Å². The molecule has 0 aliphatic heterocycles. The molecule has 0 saturated carbocycles. The predicted molar refractivity (Wildman–Crippen MR) is 215 cm³/mol. The Balaban J connectivity index is 3.46. The van der Waals surface area contributed by atoms with Gasteiger partial charge in [0.2, 0.25) is 41.4 Å². The number of hydrogen-bond acceptors (Lipinski definition) is 13. The van der Waals surface area contributed by atoms with Crippen LogP contribution in [0.25, 0.3) is 0 Å². The van der Waals surface area contributed by atoms with E-state index in [1.807, 2.05) is 0 Å². The minimum Gasteiger partial charge on any atom is -0.481 e. The fourth-order valence-corrected chi connectivity index (χ4v) is 5.45. The van der Waals surface area contributed by atoms with Crippen LogP contribution in [-0.2, 0) is 49.6 Å². The maximum absolute atomic E-state index is 14.0. The van der Waals surface area contributed by atoms with Gasteiger partial charge in [0.05, 0.1) is 18.8 Å². The zero-order chi connectivity index (χ0) is 45.5. The van der Waals surface area contributed by atoms with Gasteiger partial charge in [0, 0.05) is 25.8 Å². The molecule has 0 saturated heterocycles. The topological polar surface area (TPSA) is 403 Å². The molecule has 1 aromatic rings. The van der Waals surface area contributed by atoms with E-state index in [1.165, 1.54) is 6.92 Å². The number of aldehydes is 1. The van der Waals surface area contributed by atoms with Crippen LogP contribution in [0.4, 0.5) is 0 Å². The SMILES string of the molecule is CC(C)[C@H](NC(=O)[C@@H](NC(=O)[C@@H](N)CCC(=O)O)[C@@H](C)O)C(=O)N[C@@H](CCCN=C(N)N)C(=O)N[C@@H](Cc1ccccc1)C(=O)N[C@@H](CCC(N)=O)C(=O)N[C@H](C=O)CO. The number of carboxylic acid groups (broad SMARTS) is 1. The number of carbonyl (C=O) groups excluding carboxylic acids is 8. The molecule has 0 aliphatic rings. The third-order valence-electron chi connectivity index (χ3n) is 8.81. The molecule has 7 amide bonds. The van der Waals surface area contributed by atoms with Gasteiger partial charge in [-0.15, -0.1) is 0 Å². The van der Waals surface area contributed by atoms with E-state index in [-0.39, 0.29) is 57.3 Å². The predicted octanol–water partition coefficient (Wildman–Crippen LogP) is -5.12. The van der Waals surface area contributed by atoms with Crippen LogP contribution in [0, 0.1) is 5.92 Å². The van der Waals surface area contributed by atoms with E-state index in [0.29, 0.717) is 5.56 Å². The number of nitrogens with two attached hydrogens (primary N) is 4. The zero-order valence-corrected chi connectivity index (χ0v) is 33.8. The van der Waals surface area contributed by atoms with Gasteiger partial charge in [-0.25, -0.2) is 0 Å². The van der Waals surface area contributed by atoms with E-state index in [1.54, 1.807) is 44.2 Å². The van der Waals surface area contributed by atoms with Crippen LogP contribution in [0.1, 0.15) is 64.9 Å². The van der Waals surface area contributed by atoms with Gasteiger partial charge in [-0.05, 0) is 44.1 Å².